The van der Waals surface area contributed by atoms with Gasteiger partial charge in [-0.3, -0.25) is 4.99 Å². The minimum atomic E-state index is -0.195. The molecule has 18 heavy (non-hydrogen) atoms. The maximum absolute atomic E-state index is 13.1. The molecular weight excluding hydrogens is 227 g/mol. The Morgan fingerprint density at radius 2 is 2.06 bits per heavy atom. The van der Waals surface area contributed by atoms with Gasteiger partial charge in [0.05, 0.1) is 5.69 Å². The quantitative estimate of drug-likeness (QED) is 0.717. The molecule has 1 aromatic carbocycles. The molecule has 3 heteroatoms. The third-order valence-corrected chi connectivity index (χ3v) is 2.84. The first-order valence-electron chi connectivity index (χ1n) is 6.04. The number of halogens is 1. The van der Waals surface area contributed by atoms with Crippen LogP contribution in [0.2, 0.25) is 0 Å². The van der Waals surface area contributed by atoms with Gasteiger partial charge in [-0.25, -0.2) is 4.39 Å². The summed E-state index contributed by atoms with van der Waals surface area (Å²) >= 11 is 0. The Hall–Kier alpha value is -1.90. The molecule has 2 rings (SSSR count). The van der Waals surface area contributed by atoms with Crippen molar-refractivity contribution in [3.63, 3.8) is 0 Å². The maximum Gasteiger partial charge on any atom is 0.126 e. The van der Waals surface area contributed by atoms with Gasteiger partial charge in [-0.05, 0) is 50.6 Å². The van der Waals surface area contributed by atoms with Crippen LogP contribution in [0.4, 0.5) is 10.1 Å². The molecule has 0 atom stereocenters. The topological polar surface area (TPSA) is 17.3 Å². The second-order valence-corrected chi connectivity index (χ2v) is 4.68. The first-order valence-corrected chi connectivity index (χ1v) is 6.04. The second kappa shape index (κ2) is 5.17. The largest absolute Gasteiger partial charge is 0.351 e. The highest BCUT2D eigenvalue weighted by molar-refractivity contribution is 5.81. The van der Waals surface area contributed by atoms with Crippen molar-refractivity contribution in [2.75, 3.05) is 0 Å². The van der Waals surface area contributed by atoms with Crippen molar-refractivity contribution >= 4 is 11.9 Å². The molecule has 0 aliphatic heterocycles. The molecule has 2 nitrogen and oxygen atoms in total. The molecule has 1 aromatic heterocycles. The lowest BCUT2D eigenvalue weighted by Crippen LogP contribution is -1.95. The average molecular weight is 244 g/mol. The molecule has 94 valence electrons. The number of nitrogens with zero attached hydrogens (tertiary/aromatic N) is 2. The molecule has 0 aliphatic carbocycles. The number of rotatable bonds is 3. The van der Waals surface area contributed by atoms with Crippen molar-refractivity contribution < 1.29 is 4.39 Å². The Morgan fingerprint density at radius 1 is 1.28 bits per heavy atom. The van der Waals surface area contributed by atoms with Crippen molar-refractivity contribution in [3.05, 3.63) is 53.6 Å². The third-order valence-electron chi connectivity index (χ3n) is 2.84. The van der Waals surface area contributed by atoms with E-state index < -0.39 is 0 Å². The van der Waals surface area contributed by atoms with E-state index in [1.165, 1.54) is 6.07 Å². The Morgan fingerprint density at radius 3 is 2.67 bits per heavy atom. The summed E-state index contributed by atoms with van der Waals surface area (Å²) in [6.45, 7) is 6.00. The van der Waals surface area contributed by atoms with Crippen molar-refractivity contribution in [2.45, 2.75) is 26.8 Å². The van der Waals surface area contributed by atoms with Gasteiger partial charge in [-0.15, -0.1) is 0 Å². The van der Waals surface area contributed by atoms with E-state index in [1.54, 1.807) is 25.3 Å². The second-order valence-electron chi connectivity index (χ2n) is 4.68. The summed E-state index contributed by atoms with van der Waals surface area (Å²) in [6, 6.07) is 7.32. The van der Waals surface area contributed by atoms with Gasteiger partial charge in [0.25, 0.3) is 0 Å². The number of hydrogen-bond acceptors (Lipinski definition) is 1. The van der Waals surface area contributed by atoms with Crippen LogP contribution in [0.15, 0.2) is 41.7 Å². The first kappa shape index (κ1) is 12.6. The normalized spacial score (nSPS) is 11.6. The van der Waals surface area contributed by atoms with E-state index in [-0.39, 0.29) is 5.82 Å². The smallest absolute Gasteiger partial charge is 0.126 e. The van der Waals surface area contributed by atoms with E-state index in [2.05, 4.69) is 23.4 Å². The van der Waals surface area contributed by atoms with E-state index >= 15 is 0 Å². The predicted octanol–water partition coefficient (Wildman–Crippen LogP) is 4.27. The first-order chi connectivity index (χ1) is 8.56. The van der Waals surface area contributed by atoms with E-state index in [0.717, 1.165) is 11.3 Å². The van der Waals surface area contributed by atoms with Crippen molar-refractivity contribution in [2.24, 2.45) is 4.99 Å². The lowest BCUT2D eigenvalue weighted by Gasteiger charge is -2.04. The van der Waals surface area contributed by atoms with E-state index in [1.807, 2.05) is 18.5 Å². The van der Waals surface area contributed by atoms with E-state index in [9.17, 15) is 4.39 Å². The zero-order chi connectivity index (χ0) is 13.1. The van der Waals surface area contributed by atoms with Gasteiger partial charge in [0.15, 0.2) is 0 Å². The highest BCUT2D eigenvalue weighted by Crippen LogP contribution is 2.16. The summed E-state index contributed by atoms with van der Waals surface area (Å²) in [5.74, 6) is -0.195. The molecule has 0 spiro atoms. The van der Waals surface area contributed by atoms with Crippen LogP contribution in [-0.4, -0.2) is 10.8 Å². The third kappa shape index (κ3) is 2.86. The molecule has 1 heterocycles. The molecule has 0 bridgehead atoms. The fourth-order valence-corrected chi connectivity index (χ4v) is 1.69. The molecular formula is C15H17FN2. The molecule has 0 N–H and O–H groups in total. The summed E-state index contributed by atoms with van der Waals surface area (Å²) in [4.78, 5) is 4.35. The van der Waals surface area contributed by atoms with E-state index in [4.69, 9.17) is 0 Å². The number of aryl methyl sites for hydroxylation is 1. The zero-order valence-electron chi connectivity index (χ0n) is 10.9. The van der Waals surface area contributed by atoms with Crippen LogP contribution >= 0.6 is 0 Å². The highest BCUT2D eigenvalue weighted by Gasteiger charge is 1.99. The molecule has 0 saturated carbocycles. The van der Waals surface area contributed by atoms with Gasteiger partial charge in [0.1, 0.15) is 5.82 Å². The zero-order valence-corrected chi connectivity index (χ0v) is 10.9. The van der Waals surface area contributed by atoms with Crippen molar-refractivity contribution in [1.82, 2.24) is 4.57 Å². The summed E-state index contributed by atoms with van der Waals surface area (Å²) in [5, 5.41) is 0. The number of hydrogen-bond donors (Lipinski definition) is 0. The Bertz CT molecular complexity index is 568. The van der Waals surface area contributed by atoms with Crippen LogP contribution in [0.25, 0.3) is 0 Å². The maximum atomic E-state index is 13.1. The minimum absolute atomic E-state index is 0.195. The van der Waals surface area contributed by atoms with E-state index in [0.29, 0.717) is 11.6 Å². The van der Waals surface area contributed by atoms with Crippen LogP contribution in [-0.2, 0) is 0 Å². The molecule has 0 aliphatic rings. The van der Waals surface area contributed by atoms with Crippen molar-refractivity contribution in [1.29, 1.82) is 0 Å². The van der Waals surface area contributed by atoms with Crippen LogP contribution in [0.1, 0.15) is 31.0 Å². The molecule has 0 amide bonds. The van der Waals surface area contributed by atoms with Crippen LogP contribution < -0.4 is 0 Å². The van der Waals surface area contributed by atoms with Crippen LogP contribution in [0.5, 0.6) is 0 Å². The monoisotopic (exact) mass is 244 g/mol. The van der Waals surface area contributed by atoms with Gasteiger partial charge in [0, 0.05) is 30.2 Å². The number of aliphatic imine (C=N–C) groups is 1. The standard InChI is InChI=1S/C15H17FN2/c1-11(2)18-7-6-13(10-18)9-17-14-4-5-15(16)12(3)8-14/h4-11H,1-3H3. The van der Waals surface area contributed by atoms with Crippen molar-refractivity contribution in [3.8, 4) is 0 Å². The lowest BCUT2D eigenvalue weighted by atomic mass is 10.2. The summed E-state index contributed by atoms with van der Waals surface area (Å²) in [5.41, 5.74) is 2.43. The summed E-state index contributed by atoms with van der Waals surface area (Å²) < 4.78 is 15.2. The van der Waals surface area contributed by atoms with Gasteiger partial charge in [-0.2, -0.15) is 0 Å². The number of benzene rings is 1. The van der Waals surface area contributed by atoms with Gasteiger partial charge in [0.2, 0.25) is 0 Å². The highest BCUT2D eigenvalue weighted by atomic mass is 19.1. The van der Waals surface area contributed by atoms with Gasteiger partial charge in [-0.1, -0.05) is 0 Å². The molecule has 0 saturated heterocycles. The Kier molecular flexibility index (Phi) is 3.60. The fourth-order valence-electron chi connectivity index (χ4n) is 1.69. The predicted molar refractivity (Wildman–Crippen MR) is 73.2 cm³/mol. The lowest BCUT2D eigenvalue weighted by molar-refractivity contribution is 0.603. The Labute approximate surface area is 107 Å². The van der Waals surface area contributed by atoms with Crippen LogP contribution in [0.3, 0.4) is 0 Å². The van der Waals surface area contributed by atoms with Gasteiger partial charge >= 0.3 is 0 Å². The summed E-state index contributed by atoms with van der Waals surface area (Å²) in [6.07, 6.45) is 5.87. The van der Waals surface area contributed by atoms with Gasteiger partial charge < -0.3 is 4.57 Å². The molecule has 0 fully saturated rings. The molecule has 0 unspecified atom stereocenters. The SMILES string of the molecule is Cc1cc(N=Cc2ccn(C(C)C)c2)ccc1F. The fraction of sp³-hybridized carbons (Fsp3) is 0.267. The average Bonchev–Trinajstić information content (AvgIpc) is 2.79. The molecule has 2 aromatic rings. The number of aromatic nitrogens is 1. The van der Waals surface area contributed by atoms with Crippen LogP contribution in [0, 0.1) is 12.7 Å². The Balaban J connectivity index is 2.16. The summed E-state index contributed by atoms with van der Waals surface area (Å²) in [7, 11) is 0. The minimum Gasteiger partial charge on any atom is -0.351 e. The molecule has 0 radical (unpaired) electrons.